The van der Waals surface area contributed by atoms with Gasteiger partial charge < -0.3 is 24.6 Å². The second-order valence-electron chi connectivity index (χ2n) is 8.64. The molecule has 1 aromatic heterocycles. The molecule has 0 unspecified atom stereocenters. The molecule has 3 aromatic rings. The molecule has 0 bridgehead atoms. The van der Waals surface area contributed by atoms with Crippen LogP contribution in [0.15, 0.2) is 53.9 Å². The number of carbonyl (C=O) groups is 2. The molecule has 1 N–H and O–H groups in total. The van der Waals surface area contributed by atoms with Gasteiger partial charge in [0.05, 0.1) is 20.8 Å². The number of halogens is 1. The van der Waals surface area contributed by atoms with Gasteiger partial charge in [-0.1, -0.05) is 30.7 Å². The van der Waals surface area contributed by atoms with E-state index in [0.717, 1.165) is 22.4 Å². The number of hydrogen-bond acceptors (Lipinski definition) is 5. The van der Waals surface area contributed by atoms with Crippen molar-refractivity contribution >= 4 is 40.6 Å². The summed E-state index contributed by atoms with van der Waals surface area (Å²) in [6.07, 6.45) is 1.37. The zero-order chi connectivity index (χ0) is 26.8. The number of carbonyl (C=O) groups excluding carboxylic acids is 2. The first-order valence-corrected chi connectivity index (χ1v) is 13.4. The van der Waals surface area contributed by atoms with Crippen LogP contribution >= 0.6 is 22.9 Å². The molecule has 0 spiro atoms. The fraction of sp³-hybridized carbons (Fsp3) is 0.357. The normalized spacial score (nSPS) is 10.6. The van der Waals surface area contributed by atoms with Gasteiger partial charge in [0, 0.05) is 28.7 Å². The fourth-order valence-electron chi connectivity index (χ4n) is 3.89. The van der Waals surface area contributed by atoms with E-state index in [0.29, 0.717) is 48.3 Å². The van der Waals surface area contributed by atoms with Gasteiger partial charge in [-0.05, 0) is 72.7 Å². The number of hydrogen-bond donors (Lipinski definition) is 1. The predicted molar refractivity (Wildman–Crippen MR) is 150 cm³/mol. The number of anilines is 1. The minimum Gasteiger partial charge on any atom is -0.493 e. The molecular formula is C28H34ClN3O4S. The molecule has 37 heavy (non-hydrogen) atoms. The maximum atomic E-state index is 13.6. The van der Waals surface area contributed by atoms with Gasteiger partial charge in [0.1, 0.15) is 6.54 Å². The van der Waals surface area contributed by atoms with E-state index in [2.05, 4.69) is 11.4 Å². The van der Waals surface area contributed by atoms with Crippen molar-refractivity contribution < 1.29 is 19.1 Å². The number of urea groups is 1. The molecule has 7 nitrogen and oxygen atoms in total. The number of amides is 3. The second-order valence-corrected chi connectivity index (χ2v) is 10.1. The molecule has 9 heteroatoms. The highest BCUT2D eigenvalue weighted by molar-refractivity contribution is 7.10. The Bertz CT molecular complexity index is 1200. The third kappa shape index (κ3) is 8.13. The maximum absolute atomic E-state index is 13.6. The van der Waals surface area contributed by atoms with Gasteiger partial charge in [0.25, 0.3) is 0 Å². The first-order chi connectivity index (χ1) is 17.8. The van der Waals surface area contributed by atoms with E-state index in [1.165, 1.54) is 0 Å². The molecule has 3 amide bonds. The Labute approximate surface area is 227 Å². The van der Waals surface area contributed by atoms with Crippen molar-refractivity contribution in [3.63, 3.8) is 0 Å². The van der Waals surface area contributed by atoms with E-state index in [1.54, 1.807) is 54.7 Å². The number of methoxy groups -OCH3 is 2. The Morgan fingerprint density at radius 2 is 1.78 bits per heavy atom. The highest BCUT2D eigenvalue weighted by Crippen LogP contribution is 2.28. The largest absolute Gasteiger partial charge is 0.493 e. The van der Waals surface area contributed by atoms with Gasteiger partial charge in [-0.25, -0.2) is 4.79 Å². The van der Waals surface area contributed by atoms with E-state index < -0.39 is 0 Å². The van der Waals surface area contributed by atoms with Crippen molar-refractivity contribution in [3.8, 4) is 11.5 Å². The van der Waals surface area contributed by atoms with Crippen molar-refractivity contribution in [2.75, 3.05) is 39.2 Å². The van der Waals surface area contributed by atoms with E-state index in [9.17, 15) is 9.59 Å². The first kappa shape index (κ1) is 28.3. The average Bonchev–Trinajstić information content (AvgIpc) is 3.29. The van der Waals surface area contributed by atoms with Crippen molar-refractivity contribution in [3.05, 3.63) is 74.9 Å². The standard InChI is InChI=1S/C28H34ClN3O4S/c1-5-13-32(28(34)30-23-8-6-7-22(29)17-23)19-27(33)31(18-26-20(2)12-15-37-26)14-11-21-9-10-24(35-3)25(16-21)36-4/h6-10,12,15-17H,5,11,13-14,18-19H2,1-4H3,(H,30,34). The van der Waals surface area contributed by atoms with Crippen LogP contribution in [0.5, 0.6) is 11.5 Å². The lowest BCUT2D eigenvalue weighted by Gasteiger charge is -2.28. The molecule has 0 saturated heterocycles. The molecule has 0 radical (unpaired) electrons. The third-order valence-electron chi connectivity index (χ3n) is 5.96. The number of ether oxygens (including phenoxy) is 2. The molecule has 0 aliphatic carbocycles. The summed E-state index contributed by atoms with van der Waals surface area (Å²) < 4.78 is 10.8. The Hall–Kier alpha value is -3.23. The highest BCUT2D eigenvalue weighted by atomic mass is 35.5. The summed E-state index contributed by atoms with van der Waals surface area (Å²) in [6, 6.07) is 14.5. The number of nitrogens with one attached hydrogen (secondary N) is 1. The number of nitrogens with zero attached hydrogens (tertiary/aromatic N) is 2. The Balaban J connectivity index is 1.75. The summed E-state index contributed by atoms with van der Waals surface area (Å²) in [4.78, 5) is 31.1. The van der Waals surface area contributed by atoms with Crippen LogP contribution in [0.3, 0.4) is 0 Å². The minimum atomic E-state index is -0.329. The van der Waals surface area contributed by atoms with Crippen LogP contribution in [0.1, 0.15) is 29.3 Å². The van der Waals surface area contributed by atoms with Gasteiger partial charge >= 0.3 is 6.03 Å². The predicted octanol–water partition coefficient (Wildman–Crippen LogP) is 6.24. The van der Waals surface area contributed by atoms with Gasteiger partial charge in [-0.3, -0.25) is 4.79 Å². The SMILES string of the molecule is CCCN(CC(=O)N(CCc1ccc(OC)c(OC)c1)Cc1sccc1C)C(=O)Nc1cccc(Cl)c1. The van der Waals surface area contributed by atoms with Crippen LogP contribution in [0.25, 0.3) is 0 Å². The molecule has 0 saturated carbocycles. The van der Waals surface area contributed by atoms with Crippen LogP contribution < -0.4 is 14.8 Å². The summed E-state index contributed by atoms with van der Waals surface area (Å²) in [5.74, 6) is 1.20. The number of rotatable bonds is 12. The molecule has 0 fully saturated rings. The van der Waals surface area contributed by atoms with Crippen molar-refractivity contribution in [2.45, 2.75) is 33.2 Å². The molecule has 0 aliphatic rings. The maximum Gasteiger partial charge on any atom is 0.322 e. The summed E-state index contributed by atoms with van der Waals surface area (Å²) in [5.41, 5.74) is 2.77. The van der Waals surface area contributed by atoms with Crippen LogP contribution in [0.2, 0.25) is 5.02 Å². The molecule has 0 aliphatic heterocycles. The van der Waals surface area contributed by atoms with Crippen molar-refractivity contribution in [1.29, 1.82) is 0 Å². The quantitative estimate of drug-likeness (QED) is 0.293. The Morgan fingerprint density at radius 3 is 2.43 bits per heavy atom. The van der Waals surface area contributed by atoms with Crippen molar-refractivity contribution in [2.24, 2.45) is 0 Å². The number of aryl methyl sites for hydroxylation is 1. The number of thiophene rings is 1. The summed E-state index contributed by atoms with van der Waals surface area (Å²) >= 11 is 7.69. The monoisotopic (exact) mass is 543 g/mol. The summed E-state index contributed by atoms with van der Waals surface area (Å²) in [6.45, 7) is 5.46. The average molecular weight is 544 g/mol. The highest BCUT2D eigenvalue weighted by Gasteiger charge is 2.22. The Morgan fingerprint density at radius 1 is 1.00 bits per heavy atom. The van der Waals surface area contributed by atoms with Crippen LogP contribution in [-0.4, -0.2) is 55.6 Å². The van der Waals surface area contributed by atoms with Crippen LogP contribution in [0.4, 0.5) is 10.5 Å². The molecule has 0 atom stereocenters. The van der Waals surface area contributed by atoms with Gasteiger partial charge in [-0.2, -0.15) is 0 Å². The van der Waals surface area contributed by atoms with Gasteiger partial charge in [-0.15, -0.1) is 11.3 Å². The lowest BCUT2D eigenvalue weighted by Crippen LogP contribution is -2.45. The summed E-state index contributed by atoms with van der Waals surface area (Å²) in [7, 11) is 3.21. The summed E-state index contributed by atoms with van der Waals surface area (Å²) in [5, 5.41) is 5.42. The fourth-order valence-corrected chi connectivity index (χ4v) is 5.00. The number of benzene rings is 2. The first-order valence-electron chi connectivity index (χ1n) is 12.2. The molecule has 1 heterocycles. The second kappa shape index (κ2) is 13.9. The van der Waals surface area contributed by atoms with E-state index in [4.69, 9.17) is 21.1 Å². The molecule has 3 rings (SSSR count). The topological polar surface area (TPSA) is 71.1 Å². The third-order valence-corrected chi connectivity index (χ3v) is 7.20. The molecular weight excluding hydrogens is 510 g/mol. The van der Waals surface area contributed by atoms with Crippen molar-refractivity contribution in [1.82, 2.24) is 9.80 Å². The van der Waals surface area contributed by atoms with E-state index in [1.807, 2.05) is 42.3 Å². The van der Waals surface area contributed by atoms with Crippen LogP contribution in [-0.2, 0) is 17.8 Å². The van der Waals surface area contributed by atoms with E-state index >= 15 is 0 Å². The van der Waals surface area contributed by atoms with E-state index in [-0.39, 0.29) is 18.5 Å². The smallest absolute Gasteiger partial charge is 0.322 e. The molecule has 2 aromatic carbocycles. The zero-order valence-electron chi connectivity index (χ0n) is 21.8. The Kier molecular flexibility index (Phi) is 10.7. The van der Waals surface area contributed by atoms with Gasteiger partial charge in [0.15, 0.2) is 11.5 Å². The zero-order valence-corrected chi connectivity index (χ0v) is 23.3. The lowest BCUT2D eigenvalue weighted by atomic mass is 10.1. The lowest BCUT2D eigenvalue weighted by molar-refractivity contribution is -0.132. The van der Waals surface area contributed by atoms with Gasteiger partial charge in [0.2, 0.25) is 5.91 Å². The molecule has 198 valence electrons. The minimum absolute atomic E-state index is 0.0173. The van der Waals surface area contributed by atoms with Crippen LogP contribution in [0, 0.1) is 6.92 Å².